The van der Waals surface area contributed by atoms with E-state index in [0.717, 1.165) is 16.7 Å². The molecular formula is C25H29NO7. The Morgan fingerprint density at radius 3 is 2.33 bits per heavy atom. The highest BCUT2D eigenvalue weighted by atomic mass is 16.5. The molecule has 8 nitrogen and oxygen atoms in total. The molecule has 1 aromatic heterocycles. The fourth-order valence-electron chi connectivity index (χ4n) is 3.37. The van der Waals surface area contributed by atoms with E-state index in [1.807, 2.05) is 44.2 Å². The SMILES string of the molecule is CCO[C@@H](Cc1ccc(OCc2nc(-c3cc(OC)cc(OC)c3)oc2C)cc1C)C(=O)O. The van der Waals surface area contributed by atoms with Gasteiger partial charge in [0, 0.05) is 24.7 Å². The Morgan fingerprint density at radius 2 is 1.76 bits per heavy atom. The molecule has 3 aromatic rings. The molecule has 0 saturated carbocycles. The fraction of sp³-hybridized carbons (Fsp3) is 0.360. The minimum absolute atomic E-state index is 0.228. The maximum atomic E-state index is 11.4. The third-order valence-corrected chi connectivity index (χ3v) is 5.23. The summed E-state index contributed by atoms with van der Waals surface area (Å²) in [5, 5.41) is 9.31. The second kappa shape index (κ2) is 10.9. The molecule has 0 aliphatic heterocycles. The monoisotopic (exact) mass is 455 g/mol. The first-order valence-corrected chi connectivity index (χ1v) is 10.6. The van der Waals surface area contributed by atoms with Gasteiger partial charge in [-0.1, -0.05) is 6.07 Å². The summed E-state index contributed by atoms with van der Waals surface area (Å²) in [6.07, 6.45) is -0.572. The highest BCUT2D eigenvalue weighted by Crippen LogP contribution is 2.30. The zero-order valence-electron chi connectivity index (χ0n) is 19.5. The number of hydrogen-bond acceptors (Lipinski definition) is 7. The molecule has 0 aliphatic carbocycles. The minimum Gasteiger partial charge on any atom is -0.497 e. The Hall–Kier alpha value is -3.52. The average Bonchev–Trinajstić information content (AvgIpc) is 3.18. The van der Waals surface area contributed by atoms with Crippen molar-refractivity contribution >= 4 is 5.97 Å². The molecule has 0 unspecified atom stereocenters. The fourth-order valence-corrected chi connectivity index (χ4v) is 3.37. The molecule has 0 radical (unpaired) electrons. The lowest BCUT2D eigenvalue weighted by Crippen LogP contribution is -2.26. The molecule has 3 rings (SSSR count). The number of carbonyl (C=O) groups is 1. The Bertz CT molecular complexity index is 1080. The van der Waals surface area contributed by atoms with Crippen LogP contribution in [0.1, 0.15) is 29.5 Å². The number of aliphatic carboxylic acids is 1. The summed E-state index contributed by atoms with van der Waals surface area (Å²) in [4.78, 5) is 15.9. The molecule has 0 aliphatic rings. The molecule has 1 heterocycles. The molecule has 0 spiro atoms. The lowest BCUT2D eigenvalue weighted by atomic mass is 10.0. The number of aromatic nitrogens is 1. The number of oxazole rings is 1. The van der Waals surface area contributed by atoms with Crippen molar-refractivity contribution in [3.8, 4) is 28.7 Å². The van der Waals surface area contributed by atoms with E-state index in [1.54, 1.807) is 27.2 Å². The summed E-state index contributed by atoms with van der Waals surface area (Å²) in [5.41, 5.74) is 3.24. The lowest BCUT2D eigenvalue weighted by molar-refractivity contribution is -0.149. The molecule has 0 bridgehead atoms. The Morgan fingerprint density at radius 1 is 1.06 bits per heavy atom. The van der Waals surface area contributed by atoms with Crippen molar-refractivity contribution < 1.29 is 33.3 Å². The van der Waals surface area contributed by atoms with Gasteiger partial charge in [-0.2, -0.15) is 0 Å². The summed E-state index contributed by atoms with van der Waals surface area (Å²) < 4.78 is 27.7. The molecule has 1 N–H and O–H groups in total. The Balaban J connectivity index is 1.71. The minimum atomic E-state index is -0.970. The van der Waals surface area contributed by atoms with Gasteiger partial charge in [0.2, 0.25) is 5.89 Å². The summed E-state index contributed by atoms with van der Waals surface area (Å²) in [5.74, 6) is 2.08. The smallest absolute Gasteiger partial charge is 0.333 e. The Labute approximate surface area is 193 Å². The van der Waals surface area contributed by atoms with Gasteiger partial charge in [0.05, 0.1) is 14.2 Å². The van der Waals surface area contributed by atoms with E-state index < -0.39 is 12.1 Å². The first kappa shape index (κ1) is 24.1. The zero-order chi connectivity index (χ0) is 24.0. The number of aryl methyl sites for hydroxylation is 2. The Kier molecular flexibility index (Phi) is 7.95. The molecule has 33 heavy (non-hydrogen) atoms. The van der Waals surface area contributed by atoms with E-state index in [-0.39, 0.29) is 6.61 Å². The van der Waals surface area contributed by atoms with Crippen LogP contribution in [0.25, 0.3) is 11.5 Å². The lowest BCUT2D eigenvalue weighted by Gasteiger charge is -2.15. The average molecular weight is 456 g/mol. The van der Waals surface area contributed by atoms with Crippen molar-refractivity contribution in [3.63, 3.8) is 0 Å². The van der Waals surface area contributed by atoms with Gasteiger partial charge in [0.1, 0.15) is 35.3 Å². The van der Waals surface area contributed by atoms with Crippen LogP contribution in [0.5, 0.6) is 17.2 Å². The molecule has 1 atom stereocenters. The number of hydrogen-bond donors (Lipinski definition) is 1. The van der Waals surface area contributed by atoms with Crippen LogP contribution >= 0.6 is 0 Å². The van der Waals surface area contributed by atoms with Gasteiger partial charge in [0.15, 0.2) is 6.10 Å². The van der Waals surface area contributed by atoms with Gasteiger partial charge < -0.3 is 28.5 Å². The van der Waals surface area contributed by atoms with Crippen LogP contribution in [0, 0.1) is 13.8 Å². The highest BCUT2D eigenvalue weighted by molar-refractivity contribution is 5.72. The van der Waals surface area contributed by atoms with Crippen LogP contribution in [-0.2, 0) is 22.6 Å². The molecule has 0 amide bonds. The largest absolute Gasteiger partial charge is 0.497 e. The molecule has 0 saturated heterocycles. The molecule has 8 heteroatoms. The zero-order valence-corrected chi connectivity index (χ0v) is 19.5. The van der Waals surface area contributed by atoms with Gasteiger partial charge in [-0.3, -0.25) is 0 Å². The van der Waals surface area contributed by atoms with E-state index >= 15 is 0 Å². The summed E-state index contributed by atoms with van der Waals surface area (Å²) in [6.45, 7) is 6.11. The highest BCUT2D eigenvalue weighted by Gasteiger charge is 2.19. The van der Waals surface area contributed by atoms with Crippen molar-refractivity contribution in [1.29, 1.82) is 0 Å². The first-order valence-electron chi connectivity index (χ1n) is 10.6. The molecular weight excluding hydrogens is 426 g/mol. The summed E-state index contributed by atoms with van der Waals surface area (Å²) in [6, 6.07) is 11.0. The number of carboxylic acid groups (broad SMARTS) is 1. The van der Waals surface area contributed by atoms with E-state index in [9.17, 15) is 9.90 Å². The maximum Gasteiger partial charge on any atom is 0.333 e. The molecule has 0 fully saturated rings. The van der Waals surface area contributed by atoms with E-state index in [0.29, 0.717) is 47.6 Å². The second-order valence-electron chi connectivity index (χ2n) is 7.49. The number of ether oxygens (including phenoxy) is 4. The van der Waals surface area contributed by atoms with Crippen LogP contribution in [-0.4, -0.2) is 43.0 Å². The molecule has 176 valence electrons. The van der Waals surface area contributed by atoms with Gasteiger partial charge in [0.25, 0.3) is 0 Å². The third kappa shape index (κ3) is 6.04. The van der Waals surface area contributed by atoms with Crippen LogP contribution in [0.3, 0.4) is 0 Å². The van der Waals surface area contributed by atoms with Crippen molar-refractivity contribution in [2.45, 2.75) is 39.9 Å². The van der Waals surface area contributed by atoms with Crippen molar-refractivity contribution in [3.05, 3.63) is 59.0 Å². The second-order valence-corrected chi connectivity index (χ2v) is 7.49. The predicted octanol–water partition coefficient (Wildman–Crippen LogP) is 4.59. The normalized spacial score (nSPS) is 11.8. The topological polar surface area (TPSA) is 100 Å². The van der Waals surface area contributed by atoms with Crippen LogP contribution in [0.15, 0.2) is 40.8 Å². The van der Waals surface area contributed by atoms with E-state index in [1.165, 1.54) is 0 Å². The quantitative estimate of drug-likeness (QED) is 0.448. The van der Waals surface area contributed by atoms with Crippen molar-refractivity contribution in [2.24, 2.45) is 0 Å². The predicted molar refractivity (Wildman–Crippen MR) is 122 cm³/mol. The molecule has 2 aromatic carbocycles. The van der Waals surface area contributed by atoms with Gasteiger partial charge >= 0.3 is 5.97 Å². The van der Waals surface area contributed by atoms with Crippen LogP contribution in [0.4, 0.5) is 0 Å². The number of rotatable bonds is 11. The summed E-state index contributed by atoms with van der Waals surface area (Å²) in [7, 11) is 3.18. The number of methoxy groups -OCH3 is 2. The van der Waals surface area contributed by atoms with Crippen LogP contribution in [0.2, 0.25) is 0 Å². The van der Waals surface area contributed by atoms with E-state index in [4.69, 9.17) is 23.4 Å². The number of carboxylic acids is 1. The first-order chi connectivity index (χ1) is 15.8. The standard InChI is InChI=1S/C25H29NO7/c1-6-31-23(25(27)28)12-17-7-8-19(9-15(17)2)32-14-22-16(3)33-24(26-22)18-10-20(29-4)13-21(11-18)30-5/h7-11,13,23H,6,12,14H2,1-5H3,(H,27,28)/t23-/m0/s1. The third-order valence-electron chi connectivity index (χ3n) is 5.23. The number of nitrogens with zero attached hydrogens (tertiary/aromatic N) is 1. The van der Waals surface area contributed by atoms with E-state index in [2.05, 4.69) is 4.98 Å². The van der Waals surface area contributed by atoms with Gasteiger partial charge in [-0.25, -0.2) is 9.78 Å². The number of benzene rings is 2. The van der Waals surface area contributed by atoms with Crippen molar-refractivity contribution in [1.82, 2.24) is 4.98 Å². The van der Waals surface area contributed by atoms with Crippen molar-refractivity contribution in [2.75, 3.05) is 20.8 Å². The van der Waals surface area contributed by atoms with Crippen LogP contribution < -0.4 is 14.2 Å². The van der Waals surface area contributed by atoms with Gasteiger partial charge in [-0.05, 0) is 56.2 Å². The maximum absolute atomic E-state index is 11.4. The summed E-state index contributed by atoms with van der Waals surface area (Å²) >= 11 is 0. The van der Waals surface area contributed by atoms with Gasteiger partial charge in [-0.15, -0.1) is 0 Å².